The van der Waals surface area contributed by atoms with Crippen molar-refractivity contribution in [3.8, 4) is 11.5 Å². The minimum Gasteiger partial charge on any atom is -0.496 e. The lowest BCUT2D eigenvalue weighted by Crippen LogP contribution is -2.10. The molecule has 0 aliphatic carbocycles. The summed E-state index contributed by atoms with van der Waals surface area (Å²) in [6, 6.07) is 16.3. The van der Waals surface area contributed by atoms with Gasteiger partial charge in [-0.3, -0.25) is 0 Å². The van der Waals surface area contributed by atoms with E-state index in [0.29, 0.717) is 21.5 Å². The van der Waals surface area contributed by atoms with Crippen molar-refractivity contribution in [2.45, 2.75) is 4.90 Å². The van der Waals surface area contributed by atoms with Crippen LogP contribution in [0.3, 0.4) is 0 Å². The first-order valence-corrected chi connectivity index (χ1v) is 8.56. The molecule has 0 aliphatic heterocycles. The van der Waals surface area contributed by atoms with Crippen LogP contribution in [-0.4, -0.2) is 15.5 Å². The van der Waals surface area contributed by atoms with Crippen molar-refractivity contribution in [3.63, 3.8) is 0 Å². The minimum atomic E-state index is -3.98. The zero-order chi connectivity index (χ0) is 16.4. The lowest BCUT2D eigenvalue weighted by Gasteiger charge is -2.12. The Morgan fingerprint density at radius 1 is 0.870 bits per heavy atom. The van der Waals surface area contributed by atoms with Crippen LogP contribution >= 0.6 is 11.6 Å². The van der Waals surface area contributed by atoms with Gasteiger partial charge in [-0.25, -0.2) is 0 Å². The van der Waals surface area contributed by atoms with Crippen LogP contribution in [0.4, 0.5) is 0 Å². The number of ether oxygens (including phenoxy) is 1. The monoisotopic (exact) mass is 348 g/mol. The lowest BCUT2D eigenvalue weighted by atomic mass is 10.1. The normalized spacial score (nSPS) is 11.4. The van der Waals surface area contributed by atoms with Gasteiger partial charge in [-0.1, -0.05) is 35.9 Å². The van der Waals surface area contributed by atoms with Crippen LogP contribution < -0.4 is 8.92 Å². The summed E-state index contributed by atoms with van der Waals surface area (Å²) < 4.78 is 35.7. The minimum absolute atomic E-state index is 0.0869. The molecule has 0 amide bonds. The molecule has 0 unspecified atom stereocenters. The number of hydrogen-bond acceptors (Lipinski definition) is 4. The highest BCUT2D eigenvalue weighted by atomic mass is 35.5. The van der Waals surface area contributed by atoms with E-state index in [2.05, 4.69) is 0 Å². The molecular formula is C17H13ClO4S. The molecule has 4 nitrogen and oxygen atoms in total. The van der Waals surface area contributed by atoms with Crippen LogP contribution in [0.5, 0.6) is 11.5 Å². The van der Waals surface area contributed by atoms with Crippen LogP contribution in [0.2, 0.25) is 5.02 Å². The van der Waals surface area contributed by atoms with E-state index in [4.69, 9.17) is 20.5 Å². The molecule has 0 aliphatic rings. The summed E-state index contributed by atoms with van der Waals surface area (Å²) in [4.78, 5) is 0.0869. The van der Waals surface area contributed by atoms with Gasteiger partial charge in [0.25, 0.3) is 0 Å². The van der Waals surface area contributed by atoms with Crippen molar-refractivity contribution in [3.05, 3.63) is 65.7 Å². The molecule has 0 atom stereocenters. The molecule has 3 aromatic rings. The Morgan fingerprint density at radius 3 is 2.17 bits per heavy atom. The molecule has 0 radical (unpaired) electrons. The van der Waals surface area contributed by atoms with Crippen LogP contribution in [0.15, 0.2) is 65.6 Å². The molecule has 3 rings (SSSR count). The van der Waals surface area contributed by atoms with Crippen molar-refractivity contribution >= 4 is 32.5 Å². The van der Waals surface area contributed by atoms with Gasteiger partial charge in [0, 0.05) is 15.8 Å². The van der Waals surface area contributed by atoms with E-state index < -0.39 is 10.1 Å². The van der Waals surface area contributed by atoms with E-state index in [1.807, 2.05) is 6.07 Å². The Bertz CT molecular complexity index is 950. The third kappa shape index (κ3) is 3.11. The Labute approximate surface area is 139 Å². The molecule has 0 bridgehead atoms. The quantitative estimate of drug-likeness (QED) is 0.661. The van der Waals surface area contributed by atoms with Gasteiger partial charge in [-0.2, -0.15) is 8.42 Å². The second-order valence-electron chi connectivity index (χ2n) is 4.80. The number of benzene rings is 3. The maximum Gasteiger partial charge on any atom is 0.339 e. The van der Waals surface area contributed by atoms with Crippen LogP contribution in [0.1, 0.15) is 0 Å². The molecule has 23 heavy (non-hydrogen) atoms. The molecule has 0 spiro atoms. The van der Waals surface area contributed by atoms with E-state index in [-0.39, 0.29) is 10.6 Å². The predicted molar refractivity (Wildman–Crippen MR) is 89.8 cm³/mol. The molecule has 0 fully saturated rings. The summed E-state index contributed by atoms with van der Waals surface area (Å²) in [7, 11) is -2.43. The van der Waals surface area contributed by atoms with Gasteiger partial charge < -0.3 is 8.92 Å². The van der Waals surface area contributed by atoms with Crippen LogP contribution in [-0.2, 0) is 10.1 Å². The molecule has 118 valence electrons. The SMILES string of the molecule is COc1ccc(S(=O)(=O)Oc2ccc(Cl)cc2)c2ccccc12. The summed E-state index contributed by atoms with van der Waals surface area (Å²) in [6.07, 6.45) is 0. The van der Waals surface area contributed by atoms with Crippen LogP contribution in [0, 0.1) is 0 Å². The van der Waals surface area contributed by atoms with Crippen LogP contribution in [0.25, 0.3) is 10.8 Å². The van der Waals surface area contributed by atoms with E-state index in [0.717, 1.165) is 0 Å². The van der Waals surface area contributed by atoms with E-state index in [1.165, 1.54) is 18.2 Å². The molecule has 0 aromatic heterocycles. The number of hydrogen-bond donors (Lipinski definition) is 0. The smallest absolute Gasteiger partial charge is 0.339 e. The van der Waals surface area contributed by atoms with Gasteiger partial charge in [-0.15, -0.1) is 0 Å². The third-order valence-electron chi connectivity index (χ3n) is 3.35. The van der Waals surface area contributed by atoms with Gasteiger partial charge in [0.15, 0.2) is 0 Å². The third-order valence-corrected chi connectivity index (χ3v) is 4.91. The fraction of sp³-hybridized carbons (Fsp3) is 0.0588. The molecule has 6 heteroatoms. The van der Waals surface area contributed by atoms with Gasteiger partial charge >= 0.3 is 10.1 Å². The van der Waals surface area contributed by atoms with Gasteiger partial charge in [0.2, 0.25) is 0 Å². The Hall–Kier alpha value is -2.24. The molecule has 3 aromatic carbocycles. The summed E-state index contributed by atoms with van der Waals surface area (Å²) in [5.74, 6) is 0.806. The molecule has 0 heterocycles. The van der Waals surface area contributed by atoms with Crippen molar-refractivity contribution in [2.75, 3.05) is 7.11 Å². The standard InChI is InChI=1S/C17H13ClO4S/c1-21-16-10-11-17(15-5-3-2-4-14(15)16)23(19,20)22-13-8-6-12(18)7-9-13/h2-11H,1H3. The highest BCUT2D eigenvalue weighted by molar-refractivity contribution is 7.87. The first kappa shape index (κ1) is 15.6. The second kappa shape index (κ2) is 6.10. The topological polar surface area (TPSA) is 52.6 Å². The van der Waals surface area contributed by atoms with E-state index >= 15 is 0 Å². The molecular weight excluding hydrogens is 336 g/mol. The Kier molecular flexibility index (Phi) is 4.15. The maximum atomic E-state index is 12.6. The molecule has 0 saturated heterocycles. The second-order valence-corrected chi connectivity index (χ2v) is 6.75. The lowest BCUT2D eigenvalue weighted by molar-refractivity contribution is 0.419. The summed E-state index contributed by atoms with van der Waals surface area (Å²) in [5.41, 5.74) is 0. The summed E-state index contributed by atoms with van der Waals surface area (Å²) in [5, 5.41) is 1.75. The van der Waals surface area contributed by atoms with Gasteiger partial charge in [0.05, 0.1) is 7.11 Å². The van der Waals surface area contributed by atoms with Crippen molar-refractivity contribution < 1.29 is 17.3 Å². The predicted octanol–water partition coefficient (Wildman–Crippen LogP) is 4.27. The number of rotatable bonds is 4. The zero-order valence-corrected chi connectivity index (χ0v) is 13.8. The first-order valence-electron chi connectivity index (χ1n) is 6.77. The number of methoxy groups -OCH3 is 1. The average molecular weight is 349 g/mol. The van der Waals surface area contributed by atoms with Crippen molar-refractivity contribution in [1.29, 1.82) is 0 Å². The number of fused-ring (bicyclic) bond motifs is 1. The van der Waals surface area contributed by atoms with Gasteiger partial charge in [0.1, 0.15) is 16.4 Å². The summed E-state index contributed by atoms with van der Waals surface area (Å²) >= 11 is 5.79. The zero-order valence-electron chi connectivity index (χ0n) is 12.2. The van der Waals surface area contributed by atoms with Crippen molar-refractivity contribution in [1.82, 2.24) is 0 Å². The van der Waals surface area contributed by atoms with Gasteiger partial charge in [-0.05, 0) is 36.4 Å². The molecule has 0 N–H and O–H groups in total. The fourth-order valence-corrected chi connectivity index (χ4v) is 3.56. The molecule has 0 saturated carbocycles. The fourth-order valence-electron chi connectivity index (χ4n) is 2.30. The Balaban J connectivity index is 2.10. The average Bonchev–Trinajstić information content (AvgIpc) is 2.55. The summed E-state index contributed by atoms with van der Waals surface area (Å²) in [6.45, 7) is 0. The van der Waals surface area contributed by atoms with E-state index in [1.54, 1.807) is 43.5 Å². The highest BCUT2D eigenvalue weighted by Crippen LogP contribution is 2.32. The largest absolute Gasteiger partial charge is 0.496 e. The van der Waals surface area contributed by atoms with Crippen molar-refractivity contribution in [2.24, 2.45) is 0 Å². The Morgan fingerprint density at radius 2 is 1.52 bits per heavy atom. The maximum absolute atomic E-state index is 12.6. The number of halogens is 1. The highest BCUT2D eigenvalue weighted by Gasteiger charge is 2.21. The van der Waals surface area contributed by atoms with E-state index in [9.17, 15) is 8.42 Å². The first-order chi connectivity index (χ1) is 11.0.